The lowest BCUT2D eigenvalue weighted by Crippen LogP contribution is -2.38. The lowest BCUT2D eigenvalue weighted by Gasteiger charge is -2.32. The molecule has 31 heavy (non-hydrogen) atoms. The van der Waals surface area contributed by atoms with Crippen molar-refractivity contribution in [1.29, 1.82) is 0 Å². The Balaban J connectivity index is 1.93. The van der Waals surface area contributed by atoms with Gasteiger partial charge in [-0.25, -0.2) is 0 Å². The largest absolute Gasteiger partial charge is 0.573 e. The highest BCUT2D eigenvalue weighted by Gasteiger charge is 2.36. The minimum atomic E-state index is -4.92. The van der Waals surface area contributed by atoms with Gasteiger partial charge < -0.3 is 18.9 Å². The van der Waals surface area contributed by atoms with E-state index in [-0.39, 0.29) is 16.5 Å². The number of rotatable bonds is 4. The molecule has 1 unspecified atom stereocenters. The van der Waals surface area contributed by atoms with E-state index in [0.717, 1.165) is 47.5 Å². The molecule has 1 aromatic carbocycles. The highest BCUT2D eigenvalue weighted by Crippen LogP contribution is 2.36. The molecule has 1 aliphatic rings. The van der Waals surface area contributed by atoms with Crippen LogP contribution in [0.15, 0.2) is 65.2 Å². The molecule has 12 heteroatoms. The molecule has 1 aromatic heterocycles. The van der Waals surface area contributed by atoms with Gasteiger partial charge in [0.25, 0.3) is 5.56 Å². The molecule has 166 valence electrons. The van der Waals surface area contributed by atoms with Gasteiger partial charge in [-0.2, -0.15) is 13.2 Å². The molecule has 0 saturated carbocycles. The molecule has 1 aliphatic heterocycles. The Morgan fingerprint density at radius 2 is 1.77 bits per heavy atom. The highest BCUT2D eigenvalue weighted by atomic mass is 35.5. The number of aryl methyl sites for hydroxylation is 1. The third-order valence-corrected chi connectivity index (χ3v) is 4.39. The van der Waals surface area contributed by atoms with E-state index in [1.54, 1.807) is 0 Å². The van der Waals surface area contributed by atoms with Crippen molar-refractivity contribution >= 4 is 17.3 Å². The first kappa shape index (κ1) is 22.6. The first-order chi connectivity index (χ1) is 14.3. The Morgan fingerprint density at radius 3 is 2.35 bits per heavy atom. The van der Waals surface area contributed by atoms with Crippen LogP contribution in [0, 0.1) is 0 Å². The number of benzene rings is 1. The van der Waals surface area contributed by atoms with Gasteiger partial charge in [-0.15, -0.1) is 13.2 Å². The van der Waals surface area contributed by atoms with Crippen LogP contribution in [0.4, 0.5) is 32.0 Å². The molecule has 2 aromatic rings. The quantitative estimate of drug-likeness (QED) is 0.584. The first-order valence-corrected chi connectivity index (χ1v) is 8.85. The highest BCUT2D eigenvalue weighted by molar-refractivity contribution is 6.32. The molecular formula is C19H13ClF6N2O3. The second-order valence-corrected chi connectivity index (χ2v) is 6.74. The normalized spacial score (nSPS) is 16.8. The van der Waals surface area contributed by atoms with Gasteiger partial charge in [-0.1, -0.05) is 11.6 Å². The number of alkyl halides is 6. The van der Waals surface area contributed by atoms with Gasteiger partial charge in [0.05, 0.1) is 16.3 Å². The van der Waals surface area contributed by atoms with Crippen molar-refractivity contribution in [2.24, 2.45) is 7.05 Å². The lowest BCUT2D eigenvalue weighted by atomic mass is 10.1. The summed E-state index contributed by atoms with van der Waals surface area (Å²) < 4.78 is 87.2. The fraction of sp³-hybridized carbons (Fsp3) is 0.211. The van der Waals surface area contributed by atoms with E-state index in [9.17, 15) is 31.1 Å². The second kappa shape index (κ2) is 8.22. The number of allylic oxidation sites excluding steroid dienone is 2. The number of pyridine rings is 1. The van der Waals surface area contributed by atoms with Crippen LogP contribution in [0.25, 0.3) is 0 Å². The summed E-state index contributed by atoms with van der Waals surface area (Å²) in [7, 11) is 1.47. The zero-order chi connectivity index (χ0) is 23.0. The Labute approximate surface area is 176 Å². The molecule has 2 heterocycles. The summed E-state index contributed by atoms with van der Waals surface area (Å²) >= 11 is 5.95. The monoisotopic (exact) mass is 466 g/mol. The van der Waals surface area contributed by atoms with Crippen LogP contribution in [0.5, 0.6) is 11.5 Å². The number of ether oxygens (including phenoxy) is 2. The van der Waals surface area contributed by atoms with Crippen LogP contribution in [-0.2, 0) is 7.05 Å². The van der Waals surface area contributed by atoms with Crippen molar-refractivity contribution in [3.8, 4) is 11.5 Å². The Kier molecular flexibility index (Phi) is 5.99. The van der Waals surface area contributed by atoms with E-state index in [2.05, 4.69) is 4.74 Å². The average molecular weight is 467 g/mol. The molecule has 0 amide bonds. The lowest BCUT2D eigenvalue weighted by molar-refractivity contribution is -0.274. The Bertz CT molecular complexity index is 1090. The Hall–Kier alpha value is -3.08. The Morgan fingerprint density at radius 1 is 1.06 bits per heavy atom. The van der Waals surface area contributed by atoms with Crippen LogP contribution < -0.4 is 19.9 Å². The zero-order valence-electron chi connectivity index (χ0n) is 15.5. The second-order valence-electron chi connectivity index (χ2n) is 6.33. The molecule has 3 rings (SSSR count). The predicted octanol–water partition coefficient (Wildman–Crippen LogP) is 5.16. The summed E-state index contributed by atoms with van der Waals surface area (Å²) in [6.07, 6.45) is -6.77. The van der Waals surface area contributed by atoms with E-state index < -0.39 is 35.6 Å². The first-order valence-electron chi connectivity index (χ1n) is 8.48. The minimum Gasteiger partial charge on any atom is -0.465 e. The van der Waals surface area contributed by atoms with Gasteiger partial charge in [0, 0.05) is 31.6 Å². The van der Waals surface area contributed by atoms with E-state index >= 15 is 0 Å². The van der Waals surface area contributed by atoms with E-state index in [0.29, 0.717) is 0 Å². The van der Waals surface area contributed by atoms with Crippen molar-refractivity contribution in [3.63, 3.8) is 0 Å². The van der Waals surface area contributed by atoms with Crippen LogP contribution >= 0.6 is 11.6 Å². The van der Waals surface area contributed by atoms with Crippen LogP contribution in [0.1, 0.15) is 0 Å². The van der Waals surface area contributed by atoms with Gasteiger partial charge >= 0.3 is 12.5 Å². The van der Waals surface area contributed by atoms with E-state index in [1.807, 2.05) is 0 Å². The number of hydrogen-bond acceptors (Lipinski definition) is 4. The number of aromatic nitrogens is 1. The number of halogens is 7. The summed E-state index contributed by atoms with van der Waals surface area (Å²) in [4.78, 5) is 13.0. The SMILES string of the molecule is Cn1ccc(N2C=C(C(F)(F)F)C=CC2Oc2ccc(OC(F)(F)F)cc2Cl)cc1=O. The molecule has 0 spiro atoms. The molecule has 0 fully saturated rings. The molecule has 1 atom stereocenters. The molecule has 0 saturated heterocycles. The van der Waals surface area contributed by atoms with Gasteiger partial charge in [-0.05, 0) is 30.4 Å². The molecule has 5 nitrogen and oxygen atoms in total. The number of hydrogen-bond donors (Lipinski definition) is 0. The molecule has 0 N–H and O–H groups in total. The molecule has 0 bridgehead atoms. The maximum atomic E-state index is 13.2. The molecular weight excluding hydrogens is 454 g/mol. The van der Waals surface area contributed by atoms with Crippen molar-refractivity contribution in [1.82, 2.24) is 4.57 Å². The summed E-state index contributed by atoms with van der Waals surface area (Å²) in [6.45, 7) is 0. The zero-order valence-corrected chi connectivity index (χ0v) is 16.3. The fourth-order valence-electron chi connectivity index (χ4n) is 2.63. The summed E-state index contributed by atoms with van der Waals surface area (Å²) in [6, 6.07) is 5.41. The number of nitrogens with zero attached hydrogens (tertiary/aromatic N) is 2. The van der Waals surface area contributed by atoms with E-state index in [1.165, 1.54) is 23.9 Å². The molecule has 0 radical (unpaired) electrons. The van der Waals surface area contributed by atoms with Crippen LogP contribution in [0.2, 0.25) is 5.02 Å². The van der Waals surface area contributed by atoms with E-state index in [4.69, 9.17) is 16.3 Å². The summed E-state index contributed by atoms with van der Waals surface area (Å²) in [5.74, 6) is -0.699. The standard InChI is InChI=1S/C19H13ClF6N2O3/c1-27-7-6-12(8-16(27)29)28-10-11(18(21,22)23)2-5-17(28)30-15-4-3-13(9-14(15)20)31-19(24,25)26/h2-10,17H,1H3. The smallest absolute Gasteiger partial charge is 0.465 e. The van der Waals surface area contributed by atoms with Crippen molar-refractivity contribution in [3.05, 3.63) is 75.8 Å². The van der Waals surface area contributed by atoms with Crippen LogP contribution in [-0.4, -0.2) is 23.3 Å². The fourth-order valence-corrected chi connectivity index (χ4v) is 2.85. The summed E-state index contributed by atoms with van der Waals surface area (Å²) in [5, 5.41) is -0.260. The van der Waals surface area contributed by atoms with Crippen molar-refractivity contribution in [2.75, 3.05) is 4.90 Å². The molecule has 0 aliphatic carbocycles. The van der Waals surface area contributed by atoms with Crippen molar-refractivity contribution < 1.29 is 35.8 Å². The summed E-state index contributed by atoms with van der Waals surface area (Å²) in [5.41, 5.74) is -1.36. The average Bonchev–Trinajstić information content (AvgIpc) is 2.64. The van der Waals surface area contributed by atoms with Gasteiger partial charge in [0.15, 0.2) is 6.23 Å². The predicted molar refractivity (Wildman–Crippen MR) is 100.0 cm³/mol. The van der Waals surface area contributed by atoms with Gasteiger partial charge in [0.1, 0.15) is 11.5 Å². The van der Waals surface area contributed by atoms with Crippen LogP contribution in [0.3, 0.4) is 0 Å². The third kappa shape index (κ3) is 5.54. The van der Waals surface area contributed by atoms with Crippen molar-refractivity contribution in [2.45, 2.75) is 18.8 Å². The number of anilines is 1. The van der Waals surface area contributed by atoms with Gasteiger partial charge in [-0.3, -0.25) is 4.79 Å². The topological polar surface area (TPSA) is 43.7 Å². The maximum Gasteiger partial charge on any atom is 0.573 e. The minimum absolute atomic E-state index is 0.104. The van der Waals surface area contributed by atoms with Gasteiger partial charge in [0.2, 0.25) is 0 Å². The third-order valence-electron chi connectivity index (χ3n) is 4.09. The maximum absolute atomic E-state index is 13.2.